The Bertz CT molecular complexity index is 1560. The molecule has 9 heteroatoms. The molecule has 9 nitrogen and oxygen atoms in total. The van der Waals surface area contributed by atoms with E-state index in [-0.39, 0.29) is 18.0 Å². The maximum Gasteiger partial charge on any atom is 0.337 e. The number of amides is 3. The first-order valence-corrected chi connectivity index (χ1v) is 15.6. The van der Waals surface area contributed by atoms with E-state index in [2.05, 4.69) is 45.1 Å². The van der Waals surface area contributed by atoms with Crippen LogP contribution in [-0.4, -0.2) is 55.6 Å². The third-order valence-electron chi connectivity index (χ3n) is 7.99. The van der Waals surface area contributed by atoms with Crippen molar-refractivity contribution in [1.82, 2.24) is 15.5 Å². The predicted molar refractivity (Wildman–Crippen MR) is 178 cm³/mol. The van der Waals surface area contributed by atoms with Crippen LogP contribution in [0.2, 0.25) is 0 Å². The highest BCUT2D eigenvalue weighted by Gasteiger charge is 2.21. The average Bonchev–Trinajstić information content (AvgIpc) is 3.09. The Kier molecular flexibility index (Phi) is 11.4. The van der Waals surface area contributed by atoms with Crippen LogP contribution in [0.15, 0.2) is 109 Å². The number of carbonyl (C=O) groups is 3. The van der Waals surface area contributed by atoms with Crippen molar-refractivity contribution >= 4 is 23.6 Å². The summed E-state index contributed by atoms with van der Waals surface area (Å²) in [5, 5.41) is 8.98. The lowest BCUT2D eigenvalue weighted by Crippen LogP contribution is -2.48. The van der Waals surface area contributed by atoms with E-state index in [0.717, 1.165) is 38.0 Å². The molecule has 4 aromatic rings. The fraction of sp³-hybridized carbons (Fsp3) is 0.270. The molecule has 0 radical (unpaired) electrons. The lowest BCUT2D eigenvalue weighted by Gasteiger charge is -2.32. The Labute approximate surface area is 269 Å². The van der Waals surface area contributed by atoms with Crippen LogP contribution in [0.1, 0.15) is 57.2 Å². The van der Waals surface area contributed by atoms with Crippen molar-refractivity contribution < 1.29 is 23.9 Å². The van der Waals surface area contributed by atoms with E-state index in [1.165, 1.54) is 12.7 Å². The molecule has 0 saturated carbocycles. The largest absolute Gasteiger partial charge is 0.486 e. The summed E-state index contributed by atoms with van der Waals surface area (Å²) in [6.45, 7) is 3.17. The van der Waals surface area contributed by atoms with Gasteiger partial charge in [-0.3, -0.25) is 9.69 Å². The molecule has 0 aliphatic carbocycles. The van der Waals surface area contributed by atoms with Crippen molar-refractivity contribution in [3.8, 4) is 5.75 Å². The number of carbonyl (C=O) groups excluding carboxylic acids is 3. The molecule has 0 bridgehead atoms. The zero-order valence-corrected chi connectivity index (χ0v) is 26.0. The van der Waals surface area contributed by atoms with Crippen LogP contribution in [0.5, 0.6) is 5.75 Å². The van der Waals surface area contributed by atoms with Gasteiger partial charge in [0.15, 0.2) is 0 Å². The monoisotopic (exact) mass is 620 g/mol. The lowest BCUT2D eigenvalue weighted by atomic mass is 10.0. The van der Waals surface area contributed by atoms with Crippen LogP contribution in [0.4, 0.5) is 10.5 Å². The van der Waals surface area contributed by atoms with Gasteiger partial charge in [-0.15, -0.1) is 0 Å². The second-order valence-electron chi connectivity index (χ2n) is 11.3. The fourth-order valence-electron chi connectivity index (χ4n) is 5.45. The highest BCUT2D eigenvalue weighted by atomic mass is 16.5. The van der Waals surface area contributed by atoms with Gasteiger partial charge in [0.1, 0.15) is 11.9 Å². The van der Waals surface area contributed by atoms with E-state index in [1.54, 1.807) is 36.4 Å². The molecule has 1 atom stereocenters. The van der Waals surface area contributed by atoms with Crippen LogP contribution in [-0.2, 0) is 11.3 Å². The summed E-state index contributed by atoms with van der Waals surface area (Å²) in [4.78, 5) is 39.8. The third kappa shape index (κ3) is 9.42. The Morgan fingerprint density at radius 1 is 0.804 bits per heavy atom. The second kappa shape index (κ2) is 16.2. The number of para-hydroxylation sites is 1. The van der Waals surface area contributed by atoms with Gasteiger partial charge in [-0.1, -0.05) is 60.7 Å². The van der Waals surface area contributed by atoms with Gasteiger partial charge in [0.2, 0.25) is 0 Å². The Morgan fingerprint density at radius 2 is 1.43 bits per heavy atom. The summed E-state index contributed by atoms with van der Waals surface area (Å²) in [5.41, 5.74) is 3.79. The van der Waals surface area contributed by atoms with E-state index >= 15 is 0 Å². The van der Waals surface area contributed by atoms with Crippen LogP contribution >= 0.6 is 0 Å². The van der Waals surface area contributed by atoms with Crippen LogP contribution in [0.3, 0.4) is 0 Å². The highest BCUT2D eigenvalue weighted by molar-refractivity contribution is 6.04. The standard InChI is InChI=1S/C37H40N4O5/c1-45-36(43)30-14-12-28(13-15-30)34(46-33-18-16-29(17-19-33)35(42)39-31-10-6-3-7-11-31)20-23-38-37(44)40-32-21-24-41(25-22-32)26-27-8-4-2-5-9-27/h2-19,32,34H,20-26H2,1H3,(H,39,42)(H2,38,40,44). The zero-order chi connectivity index (χ0) is 32.1. The molecule has 3 N–H and O–H groups in total. The van der Waals surface area contributed by atoms with Crippen molar-refractivity contribution in [3.05, 3.63) is 131 Å². The molecule has 0 aromatic heterocycles. The van der Waals surface area contributed by atoms with Gasteiger partial charge in [0.05, 0.1) is 12.7 Å². The number of piperidine rings is 1. The minimum absolute atomic E-state index is 0.127. The summed E-state index contributed by atoms with van der Waals surface area (Å²) in [7, 11) is 1.34. The van der Waals surface area contributed by atoms with Crippen molar-refractivity contribution in [2.24, 2.45) is 0 Å². The molecule has 5 rings (SSSR count). The normalized spacial score (nSPS) is 14.1. The molecule has 1 aliphatic heterocycles. The number of urea groups is 1. The second-order valence-corrected chi connectivity index (χ2v) is 11.3. The molecule has 46 heavy (non-hydrogen) atoms. The molecular weight excluding hydrogens is 580 g/mol. The molecule has 1 saturated heterocycles. The molecule has 1 unspecified atom stereocenters. The predicted octanol–water partition coefficient (Wildman–Crippen LogP) is 6.20. The first-order chi connectivity index (χ1) is 22.5. The molecule has 4 aromatic carbocycles. The van der Waals surface area contributed by atoms with Gasteiger partial charge in [-0.25, -0.2) is 9.59 Å². The quantitative estimate of drug-likeness (QED) is 0.163. The Balaban J connectivity index is 1.14. The Morgan fingerprint density at radius 3 is 2.09 bits per heavy atom. The topological polar surface area (TPSA) is 109 Å². The number of hydrogen-bond donors (Lipinski definition) is 3. The van der Waals surface area contributed by atoms with Gasteiger partial charge in [0, 0.05) is 49.9 Å². The number of anilines is 1. The van der Waals surface area contributed by atoms with Gasteiger partial charge in [-0.05, 0) is 72.5 Å². The van der Waals surface area contributed by atoms with Gasteiger partial charge < -0.3 is 25.4 Å². The number of nitrogens with zero attached hydrogens (tertiary/aromatic N) is 1. The van der Waals surface area contributed by atoms with Crippen molar-refractivity contribution in [1.29, 1.82) is 0 Å². The summed E-state index contributed by atoms with van der Waals surface area (Å²) in [6.07, 6.45) is 1.87. The fourth-order valence-corrected chi connectivity index (χ4v) is 5.45. The minimum atomic E-state index is -0.419. The van der Waals surface area contributed by atoms with Gasteiger partial charge in [-0.2, -0.15) is 0 Å². The smallest absolute Gasteiger partial charge is 0.337 e. The summed E-state index contributed by atoms with van der Waals surface area (Å²) < 4.78 is 11.2. The van der Waals surface area contributed by atoms with Crippen molar-refractivity contribution in [2.45, 2.75) is 38.0 Å². The van der Waals surface area contributed by atoms with Gasteiger partial charge >= 0.3 is 12.0 Å². The number of esters is 1. The van der Waals surface area contributed by atoms with Crippen LogP contribution in [0, 0.1) is 0 Å². The van der Waals surface area contributed by atoms with Crippen molar-refractivity contribution in [2.75, 3.05) is 32.1 Å². The summed E-state index contributed by atoms with van der Waals surface area (Å²) in [6, 6.07) is 33.6. The van der Waals surface area contributed by atoms with E-state index in [1.807, 2.05) is 48.5 Å². The van der Waals surface area contributed by atoms with Gasteiger partial charge in [0.25, 0.3) is 5.91 Å². The van der Waals surface area contributed by atoms with E-state index < -0.39 is 12.1 Å². The number of likely N-dealkylation sites (tertiary alicyclic amines) is 1. The van der Waals surface area contributed by atoms with Crippen LogP contribution in [0.25, 0.3) is 0 Å². The van der Waals surface area contributed by atoms with E-state index in [4.69, 9.17) is 9.47 Å². The van der Waals surface area contributed by atoms with Crippen molar-refractivity contribution in [3.63, 3.8) is 0 Å². The first-order valence-electron chi connectivity index (χ1n) is 15.6. The molecule has 1 aliphatic rings. The molecule has 238 valence electrons. The minimum Gasteiger partial charge on any atom is -0.486 e. The molecule has 3 amide bonds. The average molecular weight is 621 g/mol. The highest BCUT2D eigenvalue weighted by Crippen LogP contribution is 2.26. The summed E-state index contributed by atoms with van der Waals surface area (Å²) in [5.74, 6) is -0.0626. The number of ether oxygens (including phenoxy) is 2. The molecular formula is C37H40N4O5. The summed E-state index contributed by atoms with van der Waals surface area (Å²) >= 11 is 0. The number of rotatable bonds is 12. The molecule has 1 fully saturated rings. The lowest BCUT2D eigenvalue weighted by molar-refractivity contribution is 0.0600. The maximum atomic E-state index is 12.8. The number of hydrogen-bond acceptors (Lipinski definition) is 6. The zero-order valence-electron chi connectivity index (χ0n) is 26.0. The maximum absolute atomic E-state index is 12.8. The van der Waals surface area contributed by atoms with E-state index in [9.17, 15) is 14.4 Å². The van der Waals surface area contributed by atoms with E-state index in [0.29, 0.717) is 35.5 Å². The third-order valence-corrected chi connectivity index (χ3v) is 7.99. The van der Waals surface area contributed by atoms with Crippen LogP contribution < -0.4 is 20.7 Å². The number of nitrogens with one attached hydrogen (secondary N) is 3. The SMILES string of the molecule is COC(=O)c1ccc(C(CCNC(=O)NC2CCN(Cc3ccccc3)CC2)Oc2ccc(C(=O)Nc3ccccc3)cc2)cc1. The first kappa shape index (κ1) is 32.2. The molecule has 0 spiro atoms. The Hall–Kier alpha value is -5.15. The number of benzene rings is 4. The molecule has 1 heterocycles. The number of methoxy groups -OCH3 is 1.